The van der Waals surface area contributed by atoms with E-state index in [2.05, 4.69) is 5.32 Å². The van der Waals surface area contributed by atoms with E-state index in [1.54, 1.807) is 11.8 Å². The maximum atomic E-state index is 11.7. The summed E-state index contributed by atoms with van der Waals surface area (Å²) in [5, 5.41) is 21.8. The summed E-state index contributed by atoms with van der Waals surface area (Å²) >= 11 is 1.80. The second-order valence-electron chi connectivity index (χ2n) is 5.37. The maximum absolute atomic E-state index is 11.7. The van der Waals surface area contributed by atoms with Crippen molar-refractivity contribution in [1.82, 2.24) is 10.0 Å². The van der Waals surface area contributed by atoms with Crippen LogP contribution in [-0.4, -0.2) is 44.0 Å². The van der Waals surface area contributed by atoms with Gasteiger partial charge in [-0.2, -0.15) is 11.8 Å². The van der Waals surface area contributed by atoms with Gasteiger partial charge in [0.1, 0.15) is 0 Å². The molecule has 23 heavy (non-hydrogen) atoms. The van der Waals surface area contributed by atoms with E-state index < -0.39 is 12.0 Å². The summed E-state index contributed by atoms with van der Waals surface area (Å²) in [5.41, 5.74) is 5.15. The Morgan fingerprint density at radius 1 is 1.35 bits per heavy atom. The number of hydrogen-bond donors (Lipinski definition) is 4. The van der Waals surface area contributed by atoms with Crippen molar-refractivity contribution in [2.45, 2.75) is 43.4 Å². The van der Waals surface area contributed by atoms with Gasteiger partial charge in [0, 0.05) is 29.8 Å². The third-order valence-electron chi connectivity index (χ3n) is 3.65. The molecule has 0 bridgehead atoms. The molecule has 2 rings (SSSR count). The lowest BCUT2D eigenvalue weighted by Crippen LogP contribution is -2.42. The largest absolute Gasteiger partial charge is 0.492 e. The Hall–Kier alpha value is -2.03. The lowest BCUT2D eigenvalue weighted by molar-refractivity contribution is -0.145. The molecule has 1 aliphatic heterocycles. The van der Waals surface area contributed by atoms with Crippen LogP contribution in [0.25, 0.3) is 0 Å². The molecule has 0 saturated carbocycles. The van der Waals surface area contributed by atoms with Gasteiger partial charge in [-0.1, -0.05) is 6.42 Å². The Morgan fingerprint density at radius 3 is 2.70 bits per heavy atom. The molecule has 1 aliphatic rings. The highest BCUT2D eigenvalue weighted by atomic mass is 32.2. The first kappa shape index (κ1) is 17.3. The van der Waals surface area contributed by atoms with Crippen molar-refractivity contribution in [3.05, 3.63) is 12.1 Å². The summed E-state index contributed by atoms with van der Waals surface area (Å²) in [5.74, 6) is -0.209. The number of aromatic hydroxyl groups is 2. The first-order chi connectivity index (χ1) is 11.0. The van der Waals surface area contributed by atoms with E-state index >= 15 is 0 Å². The highest BCUT2D eigenvalue weighted by molar-refractivity contribution is 8.00. The number of aromatic nitrogens is 1. The van der Waals surface area contributed by atoms with Crippen LogP contribution in [0.5, 0.6) is 11.8 Å². The normalized spacial score (nSPS) is 20.3. The van der Waals surface area contributed by atoms with Gasteiger partial charge in [-0.05, 0) is 25.0 Å². The second kappa shape index (κ2) is 8.00. The summed E-state index contributed by atoms with van der Waals surface area (Å²) in [7, 11) is 0. The maximum Gasteiger partial charge on any atom is 0.333 e. The zero-order chi connectivity index (χ0) is 16.8. The molecule has 1 fully saturated rings. The van der Waals surface area contributed by atoms with Crippen LogP contribution in [0, 0.1) is 0 Å². The summed E-state index contributed by atoms with van der Waals surface area (Å²) in [6.07, 6.45) is 3.41. The highest BCUT2D eigenvalue weighted by Crippen LogP contribution is 2.30. The van der Waals surface area contributed by atoms with Gasteiger partial charge in [-0.3, -0.25) is 0 Å². The smallest absolute Gasteiger partial charge is 0.333 e. The first-order valence-electron chi connectivity index (χ1n) is 7.46. The lowest BCUT2D eigenvalue weighted by atomic mass is 10.1. The zero-order valence-electron chi connectivity index (χ0n) is 12.6. The minimum absolute atomic E-state index is 0.0956. The molecular formula is C14H21N3O5S. The van der Waals surface area contributed by atoms with Crippen molar-refractivity contribution >= 4 is 23.8 Å². The molecule has 1 aromatic rings. The van der Waals surface area contributed by atoms with E-state index in [9.17, 15) is 19.8 Å². The predicted molar refractivity (Wildman–Crippen MR) is 85.2 cm³/mol. The Kier molecular flexibility index (Phi) is 6.03. The summed E-state index contributed by atoms with van der Waals surface area (Å²) in [6, 6.07) is 2.05. The number of primary amides is 1. The average molecular weight is 343 g/mol. The molecule has 2 heterocycles. The average Bonchev–Trinajstić information content (AvgIpc) is 3.04. The lowest BCUT2D eigenvalue weighted by Gasteiger charge is -2.18. The monoisotopic (exact) mass is 343 g/mol. The number of rotatable bonds is 7. The van der Waals surface area contributed by atoms with Crippen molar-refractivity contribution in [2.24, 2.45) is 5.73 Å². The topological polar surface area (TPSA) is 127 Å². The number of hydrogen-bond acceptors (Lipinski definition) is 6. The Labute approximate surface area is 137 Å². The van der Waals surface area contributed by atoms with E-state index in [4.69, 9.17) is 10.6 Å². The number of urea groups is 1. The number of nitrogens with two attached hydrogens (primary N) is 1. The summed E-state index contributed by atoms with van der Waals surface area (Å²) in [6.45, 7) is 0. The summed E-state index contributed by atoms with van der Waals surface area (Å²) in [4.78, 5) is 27.5. The van der Waals surface area contributed by atoms with Gasteiger partial charge in [0.15, 0.2) is 0 Å². The van der Waals surface area contributed by atoms with Crippen molar-refractivity contribution in [3.63, 3.8) is 0 Å². The first-order valence-corrected chi connectivity index (χ1v) is 8.50. The zero-order valence-corrected chi connectivity index (χ0v) is 13.4. The van der Waals surface area contributed by atoms with Crippen LogP contribution < -0.4 is 15.9 Å². The van der Waals surface area contributed by atoms with Crippen LogP contribution in [0.2, 0.25) is 0 Å². The SMILES string of the molecule is NC(=O)N[C@H]1CCS[C@H]1CCCCC(=O)On1c(O)ccc1O. The quantitative estimate of drug-likeness (QED) is 0.546. The third kappa shape index (κ3) is 4.98. The molecule has 1 aromatic heterocycles. The van der Waals surface area contributed by atoms with Gasteiger partial charge >= 0.3 is 12.0 Å². The fraction of sp³-hybridized carbons (Fsp3) is 0.571. The minimum Gasteiger partial charge on any atom is -0.492 e. The molecule has 5 N–H and O–H groups in total. The highest BCUT2D eigenvalue weighted by Gasteiger charge is 2.28. The van der Waals surface area contributed by atoms with Gasteiger partial charge in [-0.15, -0.1) is 4.73 Å². The molecule has 1 saturated heterocycles. The number of thioether (sulfide) groups is 1. The molecule has 0 radical (unpaired) electrons. The number of nitrogens with one attached hydrogen (secondary N) is 1. The van der Waals surface area contributed by atoms with Gasteiger partial charge < -0.3 is 26.1 Å². The molecule has 0 spiro atoms. The van der Waals surface area contributed by atoms with Crippen LogP contribution in [0.4, 0.5) is 4.79 Å². The van der Waals surface area contributed by atoms with Crippen molar-refractivity contribution in [2.75, 3.05) is 5.75 Å². The molecule has 9 heteroatoms. The number of carbonyl (C=O) groups excluding carboxylic acids is 2. The van der Waals surface area contributed by atoms with Gasteiger partial charge in [0.25, 0.3) is 0 Å². The Balaban J connectivity index is 1.67. The second-order valence-corrected chi connectivity index (χ2v) is 6.71. The van der Waals surface area contributed by atoms with Gasteiger partial charge in [0.05, 0.1) is 0 Å². The number of unbranched alkanes of at least 4 members (excludes halogenated alkanes) is 1. The van der Waals surface area contributed by atoms with Crippen molar-refractivity contribution in [1.29, 1.82) is 0 Å². The molecule has 128 valence electrons. The van der Waals surface area contributed by atoms with Crippen LogP contribution in [-0.2, 0) is 4.79 Å². The predicted octanol–water partition coefficient (Wildman–Crippen LogP) is 0.957. The molecule has 0 unspecified atom stereocenters. The Morgan fingerprint density at radius 2 is 2.04 bits per heavy atom. The number of amides is 2. The van der Waals surface area contributed by atoms with Gasteiger partial charge in [0.2, 0.25) is 11.8 Å². The van der Waals surface area contributed by atoms with Crippen LogP contribution in [0.15, 0.2) is 12.1 Å². The van der Waals surface area contributed by atoms with Crippen molar-refractivity contribution in [3.8, 4) is 11.8 Å². The van der Waals surface area contributed by atoms with Crippen LogP contribution in [0.1, 0.15) is 32.1 Å². The van der Waals surface area contributed by atoms with E-state index in [1.165, 1.54) is 12.1 Å². The standard InChI is InChI=1S/C14H21N3O5S/c15-14(21)16-9-7-8-23-10(9)3-1-2-4-13(20)22-17-11(18)5-6-12(17)19/h5-6,9-10,18-19H,1-4,7-8H2,(H3,15,16,21)/t9-,10-/m0/s1. The molecule has 0 aromatic carbocycles. The van der Waals surface area contributed by atoms with E-state index in [1.807, 2.05) is 0 Å². The molecule has 0 aliphatic carbocycles. The Bertz CT molecular complexity index is 543. The van der Waals surface area contributed by atoms with E-state index in [0.29, 0.717) is 16.4 Å². The van der Waals surface area contributed by atoms with Crippen LogP contribution in [0.3, 0.4) is 0 Å². The summed E-state index contributed by atoms with van der Waals surface area (Å²) < 4.78 is 0.683. The molecule has 2 amide bonds. The fourth-order valence-electron chi connectivity index (χ4n) is 2.54. The van der Waals surface area contributed by atoms with Crippen molar-refractivity contribution < 1.29 is 24.6 Å². The molecular weight excluding hydrogens is 322 g/mol. The minimum atomic E-state index is -0.530. The molecule has 8 nitrogen and oxygen atoms in total. The van der Waals surface area contributed by atoms with Gasteiger partial charge in [-0.25, -0.2) is 9.59 Å². The van der Waals surface area contributed by atoms with E-state index in [-0.39, 0.29) is 24.2 Å². The fourth-order valence-corrected chi connectivity index (χ4v) is 4.00. The number of nitrogens with zero attached hydrogens (tertiary/aromatic N) is 1. The molecule has 2 atom stereocenters. The van der Waals surface area contributed by atoms with E-state index in [0.717, 1.165) is 25.0 Å². The number of carbonyl (C=O) groups is 2. The van der Waals surface area contributed by atoms with Crippen LogP contribution >= 0.6 is 11.8 Å². The third-order valence-corrected chi connectivity index (χ3v) is 5.11.